The van der Waals surface area contributed by atoms with E-state index in [-0.39, 0.29) is 6.10 Å². The van der Waals surface area contributed by atoms with E-state index in [2.05, 4.69) is 33.7 Å². The summed E-state index contributed by atoms with van der Waals surface area (Å²) in [5.41, 5.74) is 2.34. The molecule has 1 aliphatic heterocycles. The van der Waals surface area contributed by atoms with Gasteiger partial charge in [0, 0.05) is 30.9 Å². The number of likely N-dealkylation sites (tertiary alicyclic amines) is 1. The average molecular weight is 299 g/mol. The van der Waals surface area contributed by atoms with Crippen molar-refractivity contribution in [3.05, 3.63) is 42.7 Å². The van der Waals surface area contributed by atoms with E-state index in [0.29, 0.717) is 5.92 Å². The summed E-state index contributed by atoms with van der Waals surface area (Å²) in [7, 11) is 0. The summed E-state index contributed by atoms with van der Waals surface area (Å²) in [4.78, 5) is 10.1. The molecule has 118 valence electrons. The van der Waals surface area contributed by atoms with Crippen LogP contribution < -0.4 is 0 Å². The van der Waals surface area contributed by atoms with Crippen LogP contribution in [0.25, 0.3) is 11.0 Å². The molecule has 4 nitrogen and oxygen atoms in total. The second-order valence-electron chi connectivity index (χ2n) is 6.26. The van der Waals surface area contributed by atoms with Crippen LogP contribution in [0.15, 0.2) is 37.2 Å². The zero-order valence-corrected chi connectivity index (χ0v) is 13.0. The first-order valence-electron chi connectivity index (χ1n) is 8.21. The average Bonchev–Trinajstić information content (AvgIpc) is 2.97. The Labute approximate surface area is 131 Å². The molecule has 3 rings (SSSR count). The maximum absolute atomic E-state index is 10.1. The number of rotatable bonds is 6. The van der Waals surface area contributed by atoms with Crippen molar-refractivity contribution in [2.45, 2.75) is 37.7 Å². The second-order valence-corrected chi connectivity index (χ2v) is 6.26. The molecule has 3 heterocycles. The number of aromatic amines is 1. The fraction of sp³-hybridized carbons (Fsp3) is 0.500. The van der Waals surface area contributed by atoms with E-state index in [0.717, 1.165) is 38.1 Å². The number of aliphatic hydroxyl groups is 1. The summed E-state index contributed by atoms with van der Waals surface area (Å²) in [5, 5.41) is 11.4. The van der Waals surface area contributed by atoms with Crippen molar-refractivity contribution >= 4 is 11.0 Å². The maximum Gasteiger partial charge on any atom is 0.137 e. The number of β-amino-alcohol motifs (C(OH)–C–C–N with tert-alkyl or cyclic N) is 1. The van der Waals surface area contributed by atoms with Gasteiger partial charge in [0.05, 0.1) is 6.10 Å². The van der Waals surface area contributed by atoms with Gasteiger partial charge < -0.3 is 15.0 Å². The Bertz CT molecular complexity index is 622. The topological polar surface area (TPSA) is 52.1 Å². The van der Waals surface area contributed by atoms with E-state index in [1.165, 1.54) is 23.8 Å². The number of hydrogen-bond donors (Lipinski definition) is 2. The Balaban J connectivity index is 1.66. The van der Waals surface area contributed by atoms with E-state index < -0.39 is 0 Å². The van der Waals surface area contributed by atoms with Gasteiger partial charge in [-0.15, -0.1) is 6.58 Å². The van der Waals surface area contributed by atoms with Crippen molar-refractivity contribution < 1.29 is 5.11 Å². The van der Waals surface area contributed by atoms with E-state index in [4.69, 9.17) is 0 Å². The van der Waals surface area contributed by atoms with Crippen molar-refractivity contribution in [2.24, 2.45) is 0 Å². The van der Waals surface area contributed by atoms with Gasteiger partial charge in [0.25, 0.3) is 0 Å². The van der Waals surface area contributed by atoms with Gasteiger partial charge in [-0.3, -0.25) is 0 Å². The van der Waals surface area contributed by atoms with Crippen LogP contribution in [0, 0.1) is 0 Å². The van der Waals surface area contributed by atoms with Gasteiger partial charge in [-0.2, -0.15) is 0 Å². The number of nitrogens with one attached hydrogen (secondary N) is 1. The van der Waals surface area contributed by atoms with Crippen LogP contribution in [0.3, 0.4) is 0 Å². The second kappa shape index (κ2) is 7.07. The Morgan fingerprint density at radius 3 is 3.32 bits per heavy atom. The third-order valence-corrected chi connectivity index (χ3v) is 4.60. The summed E-state index contributed by atoms with van der Waals surface area (Å²) in [5.74, 6) is 0.526. The number of H-pyrrole nitrogens is 1. The molecular formula is C18H25N3O. The molecular weight excluding hydrogens is 274 g/mol. The van der Waals surface area contributed by atoms with E-state index >= 15 is 0 Å². The first kappa shape index (κ1) is 15.3. The molecule has 0 bridgehead atoms. The van der Waals surface area contributed by atoms with E-state index in [9.17, 15) is 5.11 Å². The highest BCUT2D eigenvalue weighted by Crippen LogP contribution is 2.31. The lowest BCUT2D eigenvalue weighted by Gasteiger charge is -2.34. The molecule has 2 N–H and O–H groups in total. The standard InChI is InChI=1S/C18H25N3O/c1-2-3-7-15(22)13-21-10-5-6-14(12-21)17-11-20-18-16(17)8-4-9-19-18/h2,4,8-9,11,14-15,22H,1,3,5-7,10,12-13H2,(H,19,20). The number of fused-ring (bicyclic) bond motifs is 1. The van der Waals surface area contributed by atoms with Gasteiger partial charge in [-0.25, -0.2) is 4.98 Å². The molecule has 0 aliphatic carbocycles. The molecule has 4 heteroatoms. The fourth-order valence-electron chi connectivity index (χ4n) is 3.49. The minimum absolute atomic E-state index is 0.249. The lowest BCUT2D eigenvalue weighted by atomic mass is 9.90. The van der Waals surface area contributed by atoms with Crippen molar-refractivity contribution in [3.8, 4) is 0 Å². The molecule has 0 aromatic carbocycles. The van der Waals surface area contributed by atoms with Gasteiger partial charge >= 0.3 is 0 Å². The van der Waals surface area contributed by atoms with Crippen LogP contribution >= 0.6 is 0 Å². The van der Waals surface area contributed by atoms with Crippen molar-refractivity contribution in [3.63, 3.8) is 0 Å². The highest BCUT2D eigenvalue weighted by Gasteiger charge is 2.24. The van der Waals surface area contributed by atoms with Gasteiger partial charge in [-0.05, 0) is 55.8 Å². The minimum Gasteiger partial charge on any atom is -0.392 e. The molecule has 2 atom stereocenters. The Morgan fingerprint density at radius 1 is 1.55 bits per heavy atom. The highest BCUT2D eigenvalue weighted by molar-refractivity contribution is 5.80. The summed E-state index contributed by atoms with van der Waals surface area (Å²) in [6, 6.07) is 4.14. The number of nitrogens with zero attached hydrogens (tertiary/aromatic N) is 2. The number of pyridine rings is 1. The summed E-state index contributed by atoms with van der Waals surface area (Å²) in [6.45, 7) is 6.60. The number of hydrogen-bond acceptors (Lipinski definition) is 3. The van der Waals surface area contributed by atoms with Crippen molar-refractivity contribution in [1.29, 1.82) is 0 Å². The van der Waals surface area contributed by atoms with Crippen LogP contribution in [-0.4, -0.2) is 45.7 Å². The number of aliphatic hydroxyl groups excluding tert-OH is 1. The van der Waals surface area contributed by atoms with Gasteiger partial charge in [0.2, 0.25) is 0 Å². The number of aromatic nitrogens is 2. The fourth-order valence-corrected chi connectivity index (χ4v) is 3.49. The zero-order chi connectivity index (χ0) is 15.4. The van der Waals surface area contributed by atoms with E-state index in [1.807, 2.05) is 18.3 Å². The molecule has 0 saturated carbocycles. The van der Waals surface area contributed by atoms with Crippen molar-refractivity contribution in [1.82, 2.24) is 14.9 Å². The van der Waals surface area contributed by atoms with Crippen LogP contribution in [0.5, 0.6) is 0 Å². The first-order valence-corrected chi connectivity index (χ1v) is 8.21. The zero-order valence-electron chi connectivity index (χ0n) is 13.0. The quantitative estimate of drug-likeness (QED) is 0.806. The normalized spacial score (nSPS) is 21.0. The summed E-state index contributed by atoms with van der Waals surface area (Å²) < 4.78 is 0. The molecule has 2 unspecified atom stereocenters. The minimum atomic E-state index is -0.249. The van der Waals surface area contributed by atoms with Crippen LogP contribution in [0.4, 0.5) is 0 Å². The monoisotopic (exact) mass is 299 g/mol. The predicted molar refractivity (Wildman–Crippen MR) is 89.9 cm³/mol. The SMILES string of the molecule is C=CCCC(O)CN1CCCC(c2c[nH]c3ncccc23)C1. The van der Waals surface area contributed by atoms with Crippen LogP contribution in [0.2, 0.25) is 0 Å². The summed E-state index contributed by atoms with van der Waals surface area (Å²) in [6.07, 6.45) is 9.65. The first-order chi connectivity index (χ1) is 10.8. The van der Waals surface area contributed by atoms with Crippen LogP contribution in [-0.2, 0) is 0 Å². The molecule has 22 heavy (non-hydrogen) atoms. The molecule has 1 saturated heterocycles. The lowest BCUT2D eigenvalue weighted by molar-refractivity contribution is 0.0902. The van der Waals surface area contributed by atoms with Crippen LogP contribution in [0.1, 0.15) is 37.2 Å². The Hall–Kier alpha value is -1.65. The lowest BCUT2D eigenvalue weighted by Crippen LogP contribution is -2.39. The summed E-state index contributed by atoms with van der Waals surface area (Å²) >= 11 is 0. The third-order valence-electron chi connectivity index (χ3n) is 4.60. The smallest absolute Gasteiger partial charge is 0.137 e. The van der Waals surface area contributed by atoms with Gasteiger partial charge in [0.15, 0.2) is 0 Å². The third kappa shape index (κ3) is 3.39. The predicted octanol–water partition coefficient (Wildman–Crippen LogP) is 3.07. The molecule has 0 spiro atoms. The van der Waals surface area contributed by atoms with Gasteiger partial charge in [0.1, 0.15) is 5.65 Å². The highest BCUT2D eigenvalue weighted by atomic mass is 16.3. The molecule has 2 aromatic rings. The molecule has 0 amide bonds. The largest absolute Gasteiger partial charge is 0.392 e. The number of piperidine rings is 1. The Morgan fingerprint density at radius 2 is 2.45 bits per heavy atom. The molecule has 1 fully saturated rings. The van der Waals surface area contributed by atoms with Crippen molar-refractivity contribution in [2.75, 3.05) is 19.6 Å². The number of allylic oxidation sites excluding steroid dienone is 1. The molecule has 2 aromatic heterocycles. The molecule has 0 radical (unpaired) electrons. The Kier molecular flexibility index (Phi) is 4.90. The maximum atomic E-state index is 10.1. The molecule has 1 aliphatic rings. The van der Waals surface area contributed by atoms with E-state index in [1.54, 1.807) is 0 Å². The van der Waals surface area contributed by atoms with Gasteiger partial charge in [-0.1, -0.05) is 6.08 Å².